The summed E-state index contributed by atoms with van der Waals surface area (Å²) in [5.74, 6) is -3.03. The topological polar surface area (TPSA) is 177 Å². The van der Waals surface area contributed by atoms with Crippen LogP contribution in [0.1, 0.15) is 32.2 Å². The van der Waals surface area contributed by atoms with Gasteiger partial charge in [0, 0.05) is 0 Å². The summed E-state index contributed by atoms with van der Waals surface area (Å²) in [4.78, 5) is 24.1. The third-order valence-electron chi connectivity index (χ3n) is 3.81. The number of hydrogen-bond acceptors (Lipinski definition) is 9. The Bertz CT molecular complexity index is 1090. The van der Waals surface area contributed by atoms with E-state index >= 15 is 0 Å². The van der Waals surface area contributed by atoms with Crippen molar-refractivity contribution >= 4 is 24.2 Å². The number of phenolic OH excluding ortho intramolecular Hbond substituents is 4. The molecular weight excluding hydrogens is 408 g/mol. The molecule has 31 heavy (non-hydrogen) atoms. The number of carbonyl (C=O) groups is 2. The van der Waals surface area contributed by atoms with Gasteiger partial charge in [0.2, 0.25) is 0 Å². The van der Waals surface area contributed by atoms with Crippen molar-refractivity contribution in [1.29, 1.82) is 0 Å². The second kappa shape index (κ2) is 9.13. The van der Waals surface area contributed by atoms with E-state index in [0.717, 1.165) is 0 Å². The van der Waals surface area contributed by atoms with Crippen LogP contribution < -0.4 is 10.9 Å². The van der Waals surface area contributed by atoms with E-state index in [2.05, 4.69) is 21.1 Å². The van der Waals surface area contributed by atoms with Crippen molar-refractivity contribution in [3.05, 3.63) is 71.2 Å². The molecule has 6 N–H and O–H groups in total. The zero-order chi connectivity index (χ0) is 22.4. The van der Waals surface area contributed by atoms with Crippen molar-refractivity contribution < 1.29 is 34.4 Å². The average molecular weight is 424 g/mol. The zero-order valence-corrected chi connectivity index (χ0v) is 15.7. The van der Waals surface area contributed by atoms with Crippen molar-refractivity contribution in [2.75, 3.05) is 0 Å². The number of nitrogens with one attached hydrogen (secondary N) is 2. The normalized spacial score (nSPS) is 11.1. The number of rotatable bonds is 6. The highest BCUT2D eigenvalue weighted by atomic mass is 16.4. The van der Waals surface area contributed by atoms with Gasteiger partial charge in [-0.3, -0.25) is 9.59 Å². The number of furan rings is 1. The second-order valence-electron chi connectivity index (χ2n) is 6.06. The largest absolute Gasteiger partial charge is 0.504 e. The number of amides is 2. The van der Waals surface area contributed by atoms with Gasteiger partial charge >= 0.3 is 11.8 Å². The monoisotopic (exact) mass is 424 g/mol. The minimum atomic E-state index is -0.721. The molecule has 1 heterocycles. The number of nitrogens with zero attached hydrogens (tertiary/aromatic N) is 2. The maximum Gasteiger partial charge on any atom is 0.307 e. The van der Waals surface area contributed by atoms with Gasteiger partial charge in [0.1, 0.15) is 0 Å². The summed E-state index contributed by atoms with van der Waals surface area (Å²) >= 11 is 0. The lowest BCUT2D eigenvalue weighted by Crippen LogP contribution is -2.18. The molecule has 2 amide bonds. The van der Waals surface area contributed by atoms with E-state index < -0.39 is 11.8 Å². The van der Waals surface area contributed by atoms with E-state index in [1.807, 2.05) is 0 Å². The fourth-order valence-corrected chi connectivity index (χ4v) is 2.26. The SMILES string of the molecule is O=C(NN=Cc1ccc(O)c(O)c1)c1ccc(C(=O)NN=Cc2ccc(O)c(O)c2)o1. The van der Waals surface area contributed by atoms with E-state index in [4.69, 9.17) is 4.42 Å². The zero-order valence-electron chi connectivity index (χ0n) is 15.7. The van der Waals surface area contributed by atoms with E-state index in [9.17, 15) is 30.0 Å². The summed E-state index contributed by atoms with van der Waals surface area (Å²) in [7, 11) is 0. The first-order valence-corrected chi connectivity index (χ1v) is 8.64. The van der Waals surface area contributed by atoms with Gasteiger partial charge in [0.25, 0.3) is 0 Å². The highest BCUT2D eigenvalue weighted by Crippen LogP contribution is 2.24. The molecule has 0 saturated heterocycles. The Kier molecular flexibility index (Phi) is 6.16. The molecule has 0 aliphatic heterocycles. The van der Waals surface area contributed by atoms with Crippen LogP contribution in [0, 0.1) is 0 Å². The number of carbonyl (C=O) groups excluding carboxylic acids is 2. The first-order chi connectivity index (χ1) is 14.8. The van der Waals surface area contributed by atoms with Crippen molar-refractivity contribution in [3.8, 4) is 23.0 Å². The third-order valence-corrected chi connectivity index (χ3v) is 3.81. The smallest absolute Gasteiger partial charge is 0.307 e. The van der Waals surface area contributed by atoms with E-state index in [1.165, 1.54) is 61.0 Å². The molecule has 2 aromatic carbocycles. The Balaban J connectivity index is 1.55. The minimum absolute atomic E-state index is 0.178. The fraction of sp³-hybridized carbons (Fsp3) is 0. The quantitative estimate of drug-likeness (QED) is 0.198. The van der Waals surface area contributed by atoms with Gasteiger partial charge in [-0.1, -0.05) is 0 Å². The molecule has 0 radical (unpaired) electrons. The van der Waals surface area contributed by atoms with Crippen LogP contribution in [0.4, 0.5) is 0 Å². The van der Waals surface area contributed by atoms with Crippen molar-refractivity contribution in [2.24, 2.45) is 10.2 Å². The number of hydrogen-bond donors (Lipinski definition) is 6. The first-order valence-electron chi connectivity index (χ1n) is 8.64. The Morgan fingerprint density at radius 2 is 1.10 bits per heavy atom. The number of phenols is 4. The predicted molar refractivity (Wildman–Crippen MR) is 108 cm³/mol. The van der Waals surface area contributed by atoms with Crippen LogP contribution in [0.2, 0.25) is 0 Å². The van der Waals surface area contributed by atoms with Gasteiger partial charge in [-0.15, -0.1) is 0 Å². The second-order valence-corrected chi connectivity index (χ2v) is 6.06. The van der Waals surface area contributed by atoms with Crippen molar-refractivity contribution in [1.82, 2.24) is 10.9 Å². The Hall–Kier alpha value is -4.80. The van der Waals surface area contributed by atoms with E-state index in [0.29, 0.717) is 11.1 Å². The van der Waals surface area contributed by atoms with E-state index in [1.54, 1.807) is 0 Å². The number of hydrazone groups is 2. The van der Waals surface area contributed by atoms with Crippen LogP contribution >= 0.6 is 0 Å². The Morgan fingerprint density at radius 1 is 0.677 bits per heavy atom. The first kappa shape index (κ1) is 20.9. The van der Waals surface area contributed by atoms with Crippen molar-refractivity contribution in [3.63, 3.8) is 0 Å². The van der Waals surface area contributed by atoms with Gasteiger partial charge in [-0.05, 0) is 59.7 Å². The molecule has 0 fully saturated rings. The van der Waals surface area contributed by atoms with E-state index in [-0.39, 0.29) is 34.5 Å². The van der Waals surface area contributed by atoms with Gasteiger partial charge in [-0.2, -0.15) is 10.2 Å². The summed E-state index contributed by atoms with van der Waals surface area (Å²) in [6, 6.07) is 10.5. The molecule has 0 aliphatic carbocycles. The van der Waals surface area contributed by atoms with Crippen LogP contribution in [0.3, 0.4) is 0 Å². The molecule has 0 saturated carbocycles. The predicted octanol–water partition coefficient (Wildman–Crippen LogP) is 1.63. The highest BCUT2D eigenvalue weighted by molar-refractivity contribution is 5.96. The van der Waals surface area contributed by atoms with Gasteiger partial charge in [-0.25, -0.2) is 10.9 Å². The molecule has 1 aromatic heterocycles. The van der Waals surface area contributed by atoms with Gasteiger partial charge < -0.3 is 24.8 Å². The summed E-state index contributed by atoms with van der Waals surface area (Å²) < 4.78 is 5.16. The maximum atomic E-state index is 12.0. The van der Waals surface area contributed by atoms with Gasteiger partial charge in [0.05, 0.1) is 12.4 Å². The summed E-state index contributed by atoms with van der Waals surface area (Å²) in [5, 5.41) is 44.7. The van der Waals surface area contributed by atoms with Crippen LogP contribution in [-0.2, 0) is 0 Å². The molecule has 0 bridgehead atoms. The number of aromatic hydroxyl groups is 4. The Morgan fingerprint density at radius 3 is 1.48 bits per heavy atom. The summed E-state index contributed by atoms with van der Waals surface area (Å²) in [6.45, 7) is 0. The van der Waals surface area contributed by atoms with Crippen molar-refractivity contribution in [2.45, 2.75) is 0 Å². The molecular formula is C20H16N4O7. The van der Waals surface area contributed by atoms with Crippen LogP contribution in [0.15, 0.2) is 63.2 Å². The van der Waals surface area contributed by atoms with Crippen LogP contribution in [0.25, 0.3) is 0 Å². The molecule has 0 spiro atoms. The molecule has 0 unspecified atom stereocenters. The maximum absolute atomic E-state index is 12.0. The number of benzene rings is 2. The standard InChI is InChI=1S/C20H16N4O7/c25-13-3-1-11(7-15(13)27)9-21-23-19(29)17-5-6-18(31-17)20(30)24-22-10-12-2-4-14(26)16(28)8-12/h1-10,25-28H,(H,23,29)(H,24,30). The lowest BCUT2D eigenvalue weighted by molar-refractivity contribution is 0.0902. The van der Waals surface area contributed by atoms with Gasteiger partial charge in [0.15, 0.2) is 34.5 Å². The summed E-state index contributed by atoms with van der Waals surface area (Å²) in [5.41, 5.74) is 5.24. The minimum Gasteiger partial charge on any atom is -0.504 e. The molecule has 11 nitrogen and oxygen atoms in total. The third kappa shape index (κ3) is 5.38. The molecule has 3 aromatic rings. The molecule has 3 rings (SSSR count). The van der Waals surface area contributed by atoms with Crippen LogP contribution in [-0.4, -0.2) is 44.7 Å². The average Bonchev–Trinajstić information content (AvgIpc) is 3.24. The Labute approximate surface area is 174 Å². The molecule has 0 aliphatic rings. The lowest BCUT2D eigenvalue weighted by Gasteiger charge is -1.99. The molecule has 0 atom stereocenters. The summed E-state index contributed by atoms with van der Waals surface area (Å²) in [6.07, 6.45) is 2.48. The van der Waals surface area contributed by atoms with Crippen LogP contribution in [0.5, 0.6) is 23.0 Å². The highest BCUT2D eigenvalue weighted by Gasteiger charge is 2.15. The lowest BCUT2D eigenvalue weighted by atomic mass is 10.2. The molecule has 11 heteroatoms. The molecule has 158 valence electrons. The fourth-order valence-electron chi connectivity index (χ4n) is 2.26.